The molecule has 1 heterocycles. The van der Waals surface area contributed by atoms with Crippen molar-refractivity contribution in [2.24, 2.45) is 0 Å². The summed E-state index contributed by atoms with van der Waals surface area (Å²) in [5.41, 5.74) is 1.08. The minimum Gasteiger partial charge on any atom is -0.384 e. The smallest absolute Gasteiger partial charge is 0.104 e. The molecule has 1 fully saturated rings. The third kappa shape index (κ3) is 2.57. The number of halogens is 2. The van der Waals surface area contributed by atoms with E-state index in [9.17, 15) is 5.11 Å². The molecular formula is C16H15Cl2NO. The molecule has 1 saturated heterocycles. The van der Waals surface area contributed by atoms with Crippen LogP contribution in [-0.4, -0.2) is 11.7 Å². The average molecular weight is 308 g/mol. The fourth-order valence-electron chi connectivity index (χ4n) is 2.70. The Morgan fingerprint density at radius 1 is 1.05 bits per heavy atom. The Balaban J connectivity index is 1.86. The number of benzene rings is 2. The second-order valence-electron chi connectivity index (χ2n) is 5.21. The predicted molar refractivity (Wildman–Crippen MR) is 82.2 cm³/mol. The van der Waals surface area contributed by atoms with Crippen LogP contribution in [0.5, 0.6) is 0 Å². The van der Waals surface area contributed by atoms with Gasteiger partial charge in [-0.1, -0.05) is 59.6 Å². The summed E-state index contributed by atoms with van der Waals surface area (Å²) < 4.78 is 0. The minimum atomic E-state index is -0.908. The highest BCUT2D eigenvalue weighted by Crippen LogP contribution is 2.38. The van der Waals surface area contributed by atoms with E-state index in [1.807, 2.05) is 24.3 Å². The summed E-state index contributed by atoms with van der Waals surface area (Å²) in [5, 5.41) is 15.2. The van der Waals surface area contributed by atoms with Gasteiger partial charge in [0.1, 0.15) is 5.60 Å². The molecule has 0 radical (unpaired) electrons. The highest BCUT2D eigenvalue weighted by Gasteiger charge is 2.39. The molecule has 1 aliphatic heterocycles. The second kappa shape index (κ2) is 5.38. The van der Waals surface area contributed by atoms with E-state index < -0.39 is 5.60 Å². The number of hydrogen-bond donors (Lipinski definition) is 2. The van der Waals surface area contributed by atoms with Gasteiger partial charge >= 0.3 is 0 Å². The van der Waals surface area contributed by atoms with Gasteiger partial charge in [0.2, 0.25) is 0 Å². The Kier molecular flexibility index (Phi) is 3.74. The molecule has 2 nitrogen and oxygen atoms in total. The maximum Gasteiger partial charge on any atom is 0.104 e. The zero-order valence-electron chi connectivity index (χ0n) is 10.8. The topological polar surface area (TPSA) is 32.3 Å². The highest BCUT2D eigenvalue weighted by molar-refractivity contribution is 6.42. The number of nitrogens with one attached hydrogen (secondary N) is 1. The van der Waals surface area contributed by atoms with Crippen molar-refractivity contribution in [3.63, 3.8) is 0 Å². The summed E-state index contributed by atoms with van der Waals surface area (Å²) in [6.45, 7) is 0.504. The molecule has 0 saturated carbocycles. The van der Waals surface area contributed by atoms with Gasteiger partial charge in [-0.2, -0.15) is 0 Å². The van der Waals surface area contributed by atoms with Gasteiger partial charge in [0.15, 0.2) is 0 Å². The lowest BCUT2D eigenvalue weighted by Gasteiger charge is -2.23. The molecule has 1 aliphatic rings. The van der Waals surface area contributed by atoms with Crippen LogP contribution in [0.25, 0.3) is 0 Å². The van der Waals surface area contributed by atoms with Crippen molar-refractivity contribution in [3.8, 4) is 0 Å². The maximum atomic E-state index is 10.8. The van der Waals surface area contributed by atoms with Crippen molar-refractivity contribution < 1.29 is 5.11 Å². The van der Waals surface area contributed by atoms with Crippen molar-refractivity contribution in [2.75, 3.05) is 6.54 Å². The summed E-state index contributed by atoms with van der Waals surface area (Å²) in [4.78, 5) is 0. The van der Waals surface area contributed by atoms with Crippen LogP contribution in [0.4, 0.5) is 0 Å². The van der Waals surface area contributed by atoms with Crippen LogP contribution in [0.2, 0.25) is 10.0 Å². The fourth-order valence-corrected chi connectivity index (χ4v) is 3.00. The maximum absolute atomic E-state index is 10.8. The number of hydrogen-bond acceptors (Lipinski definition) is 2. The van der Waals surface area contributed by atoms with Gasteiger partial charge in [0.05, 0.1) is 10.0 Å². The molecule has 4 heteroatoms. The number of rotatable bonds is 2. The van der Waals surface area contributed by atoms with Crippen LogP contribution in [0, 0.1) is 0 Å². The third-order valence-electron chi connectivity index (χ3n) is 3.84. The molecule has 0 amide bonds. The van der Waals surface area contributed by atoms with Crippen molar-refractivity contribution >= 4 is 23.2 Å². The molecule has 0 bridgehead atoms. The summed E-state index contributed by atoms with van der Waals surface area (Å²) in [6, 6.07) is 15.6. The Morgan fingerprint density at radius 3 is 2.50 bits per heavy atom. The average Bonchev–Trinajstić information content (AvgIpc) is 2.87. The standard InChI is InChI=1S/C16H15Cl2NO/c17-13-7-6-12(8-14(13)18)16(20)9-15(19-10-16)11-4-2-1-3-5-11/h1-8,15,19-20H,9-10H2/t15-,16-/m0/s1. The molecular weight excluding hydrogens is 293 g/mol. The monoisotopic (exact) mass is 307 g/mol. The van der Waals surface area contributed by atoms with Gasteiger partial charge in [-0.15, -0.1) is 0 Å². The molecule has 2 aromatic carbocycles. The normalized spacial score (nSPS) is 25.9. The Bertz CT molecular complexity index is 617. The summed E-state index contributed by atoms with van der Waals surface area (Å²) >= 11 is 12.0. The van der Waals surface area contributed by atoms with Crippen LogP contribution in [0.15, 0.2) is 48.5 Å². The summed E-state index contributed by atoms with van der Waals surface area (Å²) in [6.07, 6.45) is 0.620. The van der Waals surface area contributed by atoms with Gasteiger partial charge in [0.25, 0.3) is 0 Å². The van der Waals surface area contributed by atoms with E-state index in [1.54, 1.807) is 12.1 Å². The summed E-state index contributed by atoms with van der Waals surface area (Å²) in [5.74, 6) is 0. The van der Waals surface area contributed by atoms with Crippen LogP contribution in [0.3, 0.4) is 0 Å². The van der Waals surface area contributed by atoms with Gasteiger partial charge < -0.3 is 10.4 Å². The van der Waals surface area contributed by atoms with Gasteiger partial charge in [-0.3, -0.25) is 0 Å². The Morgan fingerprint density at radius 2 is 1.80 bits per heavy atom. The van der Waals surface area contributed by atoms with E-state index in [0.29, 0.717) is 23.0 Å². The lowest BCUT2D eigenvalue weighted by atomic mass is 9.89. The van der Waals surface area contributed by atoms with E-state index in [4.69, 9.17) is 23.2 Å². The van der Waals surface area contributed by atoms with Gasteiger partial charge in [0, 0.05) is 19.0 Å². The molecule has 3 rings (SSSR count). The molecule has 0 aliphatic carbocycles. The largest absolute Gasteiger partial charge is 0.384 e. The minimum absolute atomic E-state index is 0.149. The molecule has 0 aromatic heterocycles. The van der Waals surface area contributed by atoms with E-state index in [2.05, 4.69) is 17.4 Å². The third-order valence-corrected chi connectivity index (χ3v) is 4.58. The lowest BCUT2D eigenvalue weighted by Crippen LogP contribution is -2.28. The van der Waals surface area contributed by atoms with Crippen LogP contribution in [-0.2, 0) is 5.60 Å². The SMILES string of the molecule is O[C@]1(c2ccc(Cl)c(Cl)c2)CN[C@H](c2ccccc2)C1. The molecule has 0 unspecified atom stereocenters. The van der Waals surface area contributed by atoms with Gasteiger partial charge in [-0.25, -0.2) is 0 Å². The zero-order chi connectivity index (χ0) is 14.2. The van der Waals surface area contributed by atoms with Crippen LogP contribution in [0.1, 0.15) is 23.6 Å². The summed E-state index contributed by atoms with van der Waals surface area (Å²) in [7, 11) is 0. The predicted octanol–water partition coefficient (Wildman–Crippen LogP) is 3.92. The van der Waals surface area contributed by atoms with Crippen molar-refractivity contribution in [3.05, 3.63) is 69.7 Å². The van der Waals surface area contributed by atoms with E-state index in [0.717, 1.165) is 5.56 Å². The van der Waals surface area contributed by atoms with Gasteiger partial charge in [-0.05, 0) is 23.3 Å². The fraction of sp³-hybridized carbons (Fsp3) is 0.250. The molecule has 20 heavy (non-hydrogen) atoms. The van der Waals surface area contributed by atoms with E-state index in [1.165, 1.54) is 5.56 Å². The first kappa shape index (κ1) is 13.9. The lowest BCUT2D eigenvalue weighted by molar-refractivity contribution is 0.0559. The molecule has 2 atom stereocenters. The van der Waals surface area contributed by atoms with Crippen LogP contribution >= 0.6 is 23.2 Å². The van der Waals surface area contributed by atoms with E-state index in [-0.39, 0.29) is 6.04 Å². The zero-order valence-corrected chi connectivity index (χ0v) is 12.3. The molecule has 104 valence electrons. The Hall–Kier alpha value is -1.06. The van der Waals surface area contributed by atoms with Crippen molar-refractivity contribution in [1.82, 2.24) is 5.32 Å². The highest BCUT2D eigenvalue weighted by atomic mass is 35.5. The molecule has 2 aromatic rings. The molecule has 0 spiro atoms. The number of β-amino-alcohol motifs (C(OH)–C–C–N with tert-alkyl or cyclic N) is 1. The Labute approximate surface area is 128 Å². The van der Waals surface area contributed by atoms with Crippen LogP contribution < -0.4 is 5.32 Å². The second-order valence-corrected chi connectivity index (χ2v) is 6.02. The number of aliphatic hydroxyl groups is 1. The van der Waals surface area contributed by atoms with E-state index >= 15 is 0 Å². The van der Waals surface area contributed by atoms with Crippen molar-refractivity contribution in [1.29, 1.82) is 0 Å². The quantitative estimate of drug-likeness (QED) is 0.881. The first-order valence-electron chi connectivity index (χ1n) is 6.55. The first-order valence-corrected chi connectivity index (χ1v) is 7.30. The van der Waals surface area contributed by atoms with Crippen molar-refractivity contribution in [2.45, 2.75) is 18.1 Å². The first-order chi connectivity index (χ1) is 9.58. The molecule has 2 N–H and O–H groups in total.